The van der Waals surface area contributed by atoms with E-state index in [4.69, 9.17) is 0 Å². The van der Waals surface area contributed by atoms with Gasteiger partial charge >= 0.3 is 0 Å². The Morgan fingerprint density at radius 2 is 2.00 bits per heavy atom. The van der Waals surface area contributed by atoms with Crippen molar-refractivity contribution < 1.29 is 4.79 Å². The number of carbonyl (C=O) groups excluding carboxylic acids is 1. The number of rotatable bonds is 4. The molecule has 0 unspecified atom stereocenters. The van der Waals surface area contributed by atoms with Gasteiger partial charge in [-0.25, -0.2) is 0 Å². The number of nitrogens with one attached hydrogen (secondary N) is 1. The van der Waals surface area contributed by atoms with Gasteiger partial charge in [-0.15, -0.1) is 0 Å². The van der Waals surface area contributed by atoms with Gasteiger partial charge in [0.2, 0.25) is 0 Å². The van der Waals surface area contributed by atoms with Crippen molar-refractivity contribution in [3.8, 4) is 11.3 Å². The summed E-state index contributed by atoms with van der Waals surface area (Å²) in [7, 11) is 0. The molecule has 1 aliphatic heterocycles. The first-order valence-electron chi connectivity index (χ1n) is 8.75. The number of nitrogens with zero attached hydrogens (tertiary/aromatic N) is 3. The highest BCUT2D eigenvalue weighted by molar-refractivity contribution is 5.94. The summed E-state index contributed by atoms with van der Waals surface area (Å²) >= 11 is 0. The van der Waals surface area contributed by atoms with E-state index in [1.165, 1.54) is 0 Å². The molecule has 1 fully saturated rings. The third kappa shape index (κ3) is 3.36. The molecule has 0 spiro atoms. The number of H-pyrrole nitrogens is 1. The molecule has 3 rings (SSSR count). The molecule has 1 aromatic carbocycles. The van der Waals surface area contributed by atoms with Crippen LogP contribution in [0.1, 0.15) is 37.6 Å². The van der Waals surface area contributed by atoms with Crippen LogP contribution in [0.4, 0.5) is 0 Å². The Balaban J connectivity index is 1.70. The summed E-state index contributed by atoms with van der Waals surface area (Å²) in [5.74, 6) is 0.132. The zero-order valence-electron chi connectivity index (χ0n) is 14.7. The number of piperazine rings is 1. The maximum absolute atomic E-state index is 12.8. The van der Waals surface area contributed by atoms with Gasteiger partial charge in [0, 0.05) is 43.5 Å². The topological polar surface area (TPSA) is 52.2 Å². The number of carbonyl (C=O) groups is 1. The predicted octanol–water partition coefficient (Wildman–Crippen LogP) is 3.02. The normalized spacial score (nSPS) is 19.0. The van der Waals surface area contributed by atoms with E-state index in [0.29, 0.717) is 12.1 Å². The van der Waals surface area contributed by atoms with E-state index >= 15 is 0 Å². The summed E-state index contributed by atoms with van der Waals surface area (Å²) < 4.78 is 0. The van der Waals surface area contributed by atoms with Crippen molar-refractivity contribution in [3.63, 3.8) is 0 Å². The van der Waals surface area contributed by atoms with Crippen LogP contribution in [0.15, 0.2) is 36.5 Å². The third-order valence-corrected chi connectivity index (χ3v) is 4.89. The van der Waals surface area contributed by atoms with Gasteiger partial charge in [-0.3, -0.25) is 14.8 Å². The fourth-order valence-corrected chi connectivity index (χ4v) is 3.49. The molecule has 2 heterocycles. The molecule has 1 aliphatic rings. The minimum absolute atomic E-state index is 0.132. The van der Waals surface area contributed by atoms with Crippen molar-refractivity contribution in [1.29, 1.82) is 0 Å². The van der Waals surface area contributed by atoms with Crippen LogP contribution >= 0.6 is 0 Å². The number of hydrogen-bond acceptors (Lipinski definition) is 3. The fourth-order valence-electron chi connectivity index (χ4n) is 3.49. The van der Waals surface area contributed by atoms with Crippen LogP contribution in [-0.4, -0.2) is 57.6 Å². The number of benzene rings is 1. The van der Waals surface area contributed by atoms with Gasteiger partial charge in [-0.2, -0.15) is 5.10 Å². The molecular weight excluding hydrogens is 300 g/mol. The van der Waals surface area contributed by atoms with Crippen LogP contribution in [0.5, 0.6) is 0 Å². The first kappa shape index (κ1) is 16.7. The van der Waals surface area contributed by atoms with Gasteiger partial charge in [0.05, 0.1) is 5.69 Å². The summed E-state index contributed by atoms with van der Waals surface area (Å²) in [6, 6.07) is 10.7. The molecule has 1 N–H and O–H groups in total. The number of amides is 1. The molecule has 128 valence electrons. The number of hydrogen-bond donors (Lipinski definition) is 1. The van der Waals surface area contributed by atoms with E-state index in [2.05, 4.69) is 35.9 Å². The number of aromatic nitrogens is 2. The van der Waals surface area contributed by atoms with Crippen LogP contribution < -0.4 is 0 Å². The maximum atomic E-state index is 12.8. The zero-order chi connectivity index (χ0) is 17.1. The van der Waals surface area contributed by atoms with Crippen LogP contribution in [0.25, 0.3) is 11.3 Å². The zero-order valence-corrected chi connectivity index (χ0v) is 14.7. The number of aromatic amines is 1. The van der Waals surface area contributed by atoms with Crippen molar-refractivity contribution >= 4 is 5.91 Å². The van der Waals surface area contributed by atoms with E-state index in [-0.39, 0.29) is 5.91 Å². The second-order valence-corrected chi connectivity index (χ2v) is 6.69. The summed E-state index contributed by atoms with van der Waals surface area (Å²) in [6.45, 7) is 9.23. The monoisotopic (exact) mass is 326 g/mol. The molecule has 0 saturated carbocycles. The summed E-state index contributed by atoms with van der Waals surface area (Å²) in [5, 5.41) is 6.91. The standard InChI is InChI=1S/C19H26N4O/c1-4-17-13-22(11-12-23(17)14(2)3)19(24)16-7-5-15(6-8-16)18-9-10-20-21-18/h5-10,14,17H,4,11-13H2,1-3H3,(H,20,21)/t17-/m0/s1. The van der Waals surface area contributed by atoms with Crippen molar-refractivity contribution in [2.45, 2.75) is 39.3 Å². The highest BCUT2D eigenvalue weighted by atomic mass is 16.2. The first-order valence-corrected chi connectivity index (χ1v) is 8.75. The van der Waals surface area contributed by atoms with Crippen molar-refractivity contribution in [2.24, 2.45) is 0 Å². The minimum atomic E-state index is 0.132. The maximum Gasteiger partial charge on any atom is 0.253 e. The van der Waals surface area contributed by atoms with Crippen molar-refractivity contribution in [1.82, 2.24) is 20.0 Å². The predicted molar refractivity (Wildman–Crippen MR) is 95.8 cm³/mol. The molecule has 0 aliphatic carbocycles. The molecule has 24 heavy (non-hydrogen) atoms. The quantitative estimate of drug-likeness (QED) is 0.939. The van der Waals surface area contributed by atoms with Crippen LogP contribution in [-0.2, 0) is 0 Å². The lowest BCUT2D eigenvalue weighted by atomic mass is 10.0. The van der Waals surface area contributed by atoms with Gasteiger partial charge in [-0.05, 0) is 44.0 Å². The van der Waals surface area contributed by atoms with E-state index in [9.17, 15) is 4.79 Å². The summed E-state index contributed by atoms with van der Waals surface area (Å²) in [5.41, 5.74) is 2.76. The van der Waals surface area contributed by atoms with E-state index < -0.39 is 0 Å². The smallest absolute Gasteiger partial charge is 0.253 e. The van der Waals surface area contributed by atoms with Gasteiger partial charge in [0.15, 0.2) is 0 Å². The van der Waals surface area contributed by atoms with E-state index in [0.717, 1.165) is 42.9 Å². The Morgan fingerprint density at radius 3 is 2.58 bits per heavy atom. The highest BCUT2D eigenvalue weighted by Gasteiger charge is 2.30. The second kappa shape index (κ2) is 7.18. The Morgan fingerprint density at radius 1 is 1.25 bits per heavy atom. The first-order chi connectivity index (χ1) is 11.6. The minimum Gasteiger partial charge on any atom is -0.336 e. The fraction of sp³-hybridized carbons (Fsp3) is 0.474. The highest BCUT2D eigenvalue weighted by Crippen LogP contribution is 2.20. The Labute approximate surface area is 143 Å². The van der Waals surface area contributed by atoms with Crippen molar-refractivity contribution in [2.75, 3.05) is 19.6 Å². The SMILES string of the molecule is CC[C@H]1CN(C(=O)c2ccc(-c3ccn[nH]3)cc2)CCN1C(C)C. The Bertz CT molecular complexity index is 663. The average Bonchev–Trinajstić information content (AvgIpc) is 3.15. The van der Waals surface area contributed by atoms with E-state index in [1.54, 1.807) is 6.20 Å². The average molecular weight is 326 g/mol. The molecule has 1 atom stereocenters. The molecule has 1 aromatic heterocycles. The molecule has 5 nitrogen and oxygen atoms in total. The largest absolute Gasteiger partial charge is 0.336 e. The summed E-state index contributed by atoms with van der Waals surface area (Å²) in [6.07, 6.45) is 2.80. The Kier molecular flexibility index (Phi) is 5.00. The Hall–Kier alpha value is -2.14. The lowest BCUT2D eigenvalue weighted by molar-refractivity contribution is 0.0371. The molecule has 1 saturated heterocycles. The lowest BCUT2D eigenvalue weighted by Crippen LogP contribution is -2.56. The van der Waals surface area contributed by atoms with Crippen molar-refractivity contribution in [3.05, 3.63) is 42.1 Å². The van der Waals surface area contributed by atoms with Gasteiger partial charge in [-0.1, -0.05) is 19.1 Å². The van der Waals surface area contributed by atoms with E-state index in [1.807, 2.05) is 35.2 Å². The van der Waals surface area contributed by atoms with Gasteiger partial charge < -0.3 is 4.90 Å². The molecule has 5 heteroatoms. The second-order valence-electron chi connectivity index (χ2n) is 6.69. The third-order valence-electron chi connectivity index (χ3n) is 4.89. The molecule has 2 aromatic rings. The van der Waals surface area contributed by atoms with Gasteiger partial charge in [0.25, 0.3) is 5.91 Å². The van der Waals surface area contributed by atoms with Crippen LogP contribution in [0.2, 0.25) is 0 Å². The van der Waals surface area contributed by atoms with Gasteiger partial charge in [0.1, 0.15) is 0 Å². The molecule has 1 amide bonds. The van der Waals surface area contributed by atoms with Crippen LogP contribution in [0, 0.1) is 0 Å². The lowest BCUT2D eigenvalue weighted by Gasteiger charge is -2.43. The van der Waals surface area contributed by atoms with Crippen LogP contribution in [0.3, 0.4) is 0 Å². The molecule has 0 bridgehead atoms. The molecule has 0 radical (unpaired) electrons. The molecular formula is C19H26N4O. The summed E-state index contributed by atoms with van der Waals surface area (Å²) in [4.78, 5) is 17.3.